The van der Waals surface area contributed by atoms with Crippen molar-refractivity contribution in [3.63, 3.8) is 0 Å². The summed E-state index contributed by atoms with van der Waals surface area (Å²) in [4.78, 5) is 24.9. The predicted molar refractivity (Wildman–Crippen MR) is 109 cm³/mol. The zero-order chi connectivity index (χ0) is 22.4. The molecule has 0 aromatic heterocycles. The molecule has 0 saturated carbocycles. The molecule has 1 aliphatic rings. The van der Waals surface area contributed by atoms with Gasteiger partial charge in [-0.1, -0.05) is 13.0 Å². The Bertz CT molecular complexity index is 941. The molecule has 2 amide bonds. The lowest BCUT2D eigenvalue weighted by Crippen LogP contribution is -2.27. The number of hydrogen-bond donors (Lipinski definition) is 2. The van der Waals surface area contributed by atoms with Gasteiger partial charge >= 0.3 is 6.18 Å². The largest absolute Gasteiger partial charge is 0.491 e. The highest BCUT2D eigenvalue weighted by Crippen LogP contribution is 2.35. The van der Waals surface area contributed by atoms with Gasteiger partial charge in [-0.25, -0.2) is 0 Å². The molecule has 6 nitrogen and oxygen atoms in total. The first-order chi connectivity index (χ1) is 14.8. The zero-order valence-electron chi connectivity index (χ0n) is 16.9. The minimum absolute atomic E-state index is 0.0814. The first-order valence-electron chi connectivity index (χ1n) is 9.96. The van der Waals surface area contributed by atoms with Gasteiger partial charge in [-0.2, -0.15) is 13.2 Å². The van der Waals surface area contributed by atoms with Gasteiger partial charge in [0.1, 0.15) is 11.9 Å². The third-order valence-electron chi connectivity index (χ3n) is 4.63. The van der Waals surface area contributed by atoms with Crippen LogP contribution >= 0.6 is 0 Å². The minimum atomic E-state index is -4.56. The molecular formula is C22H23F3N2O4. The van der Waals surface area contributed by atoms with Crippen LogP contribution in [-0.4, -0.2) is 31.1 Å². The number of carbonyl (C=O) groups excluding carboxylic acids is 2. The van der Waals surface area contributed by atoms with Gasteiger partial charge in [0.15, 0.2) is 0 Å². The average Bonchev–Trinajstić information content (AvgIpc) is 3.27. The maximum atomic E-state index is 13.1. The van der Waals surface area contributed by atoms with Gasteiger partial charge in [-0.15, -0.1) is 0 Å². The number of rotatable bonds is 7. The lowest BCUT2D eigenvalue weighted by Gasteiger charge is -2.15. The lowest BCUT2D eigenvalue weighted by atomic mass is 10.1. The Morgan fingerprint density at radius 1 is 1.16 bits per heavy atom. The number of benzene rings is 2. The monoisotopic (exact) mass is 436 g/mol. The second kappa shape index (κ2) is 9.82. The number of anilines is 2. The van der Waals surface area contributed by atoms with E-state index in [9.17, 15) is 22.8 Å². The summed E-state index contributed by atoms with van der Waals surface area (Å²) in [7, 11) is 0. The van der Waals surface area contributed by atoms with E-state index in [1.165, 1.54) is 18.2 Å². The molecule has 1 heterocycles. The number of carbonyl (C=O) groups is 2. The first-order valence-corrected chi connectivity index (χ1v) is 9.96. The number of ether oxygens (including phenoxy) is 2. The van der Waals surface area contributed by atoms with Crippen molar-refractivity contribution in [1.82, 2.24) is 0 Å². The van der Waals surface area contributed by atoms with E-state index in [2.05, 4.69) is 10.6 Å². The summed E-state index contributed by atoms with van der Waals surface area (Å²) in [6.45, 7) is 2.68. The van der Waals surface area contributed by atoms with Crippen LogP contribution in [0.15, 0.2) is 42.5 Å². The highest BCUT2D eigenvalue weighted by atomic mass is 19.4. The predicted octanol–water partition coefficient (Wildman–Crippen LogP) is 4.86. The Morgan fingerprint density at radius 3 is 2.65 bits per heavy atom. The molecule has 1 aliphatic heterocycles. The van der Waals surface area contributed by atoms with Crippen molar-refractivity contribution in [2.24, 2.45) is 0 Å². The summed E-state index contributed by atoms with van der Waals surface area (Å²) in [5, 5.41) is 5.18. The van der Waals surface area contributed by atoms with E-state index < -0.39 is 23.8 Å². The highest BCUT2D eigenvalue weighted by molar-refractivity contribution is 6.06. The van der Waals surface area contributed by atoms with Crippen molar-refractivity contribution in [2.45, 2.75) is 38.5 Å². The number of hydrogen-bond acceptors (Lipinski definition) is 4. The van der Waals surface area contributed by atoms with Crippen LogP contribution in [-0.2, 0) is 15.7 Å². The van der Waals surface area contributed by atoms with Crippen molar-refractivity contribution in [3.8, 4) is 5.75 Å². The summed E-state index contributed by atoms with van der Waals surface area (Å²) in [5.74, 6) is -0.789. The number of amides is 2. The molecule has 2 aromatic carbocycles. The lowest BCUT2D eigenvalue weighted by molar-refractivity contribution is -0.137. The van der Waals surface area contributed by atoms with Crippen molar-refractivity contribution in [3.05, 3.63) is 53.6 Å². The van der Waals surface area contributed by atoms with Crippen LogP contribution in [0.2, 0.25) is 0 Å². The SMILES string of the molecule is CCCOc1ccc(C(F)(F)F)cc1NC(=O)c1cccc(NC(=O)C2CCCO2)c1. The Hall–Kier alpha value is -3.07. The fraction of sp³-hybridized carbons (Fsp3) is 0.364. The summed E-state index contributed by atoms with van der Waals surface area (Å²) >= 11 is 0. The summed E-state index contributed by atoms with van der Waals surface area (Å²) in [5.41, 5.74) is -0.421. The molecule has 31 heavy (non-hydrogen) atoms. The maximum Gasteiger partial charge on any atom is 0.416 e. The number of alkyl halides is 3. The fourth-order valence-corrected chi connectivity index (χ4v) is 3.08. The van der Waals surface area contributed by atoms with E-state index >= 15 is 0 Å². The third-order valence-corrected chi connectivity index (χ3v) is 4.63. The molecule has 1 atom stereocenters. The molecule has 1 unspecified atom stereocenters. The average molecular weight is 436 g/mol. The van der Waals surface area contributed by atoms with Gasteiger partial charge in [0.2, 0.25) is 0 Å². The van der Waals surface area contributed by atoms with Crippen molar-refractivity contribution < 1.29 is 32.2 Å². The second-order valence-corrected chi connectivity index (χ2v) is 7.08. The minimum Gasteiger partial charge on any atom is -0.491 e. The fourth-order valence-electron chi connectivity index (χ4n) is 3.08. The topological polar surface area (TPSA) is 76.7 Å². The van der Waals surface area contributed by atoms with E-state index in [1.807, 2.05) is 6.92 Å². The Balaban J connectivity index is 1.78. The molecule has 0 spiro atoms. The summed E-state index contributed by atoms with van der Waals surface area (Å²) in [6.07, 6.45) is -3.00. The molecule has 0 bridgehead atoms. The van der Waals surface area contributed by atoms with Crippen LogP contribution in [0.5, 0.6) is 5.75 Å². The first kappa shape index (κ1) is 22.6. The molecule has 1 fully saturated rings. The van der Waals surface area contributed by atoms with Crippen molar-refractivity contribution in [1.29, 1.82) is 0 Å². The molecule has 2 N–H and O–H groups in total. The van der Waals surface area contributed by atoms with Gasteiger partial charge in [0.25, 0.3) is 11.8 Å². The molecule has 2 aromatic rings. The highest BCUT2D eigenvalue weighted by Gasteiger charge is 2.31. The number of nitrogens with one attached hydrogen (secondary N) is 2. The third kappa shape index (κ3) is 5.97. The Kier molecular flexibility index (Phi) is 7.17. The summed E-state index contributed by atoms with van der Waals surface area (Å²) < 4.78 is 50.1. The van der Waals surface area contributed by atoms with E-state index in [-0.39, 0.29) is 22.9 Å². The molecule has 0 aliphatic carbocycles. The summed E-state index contributed by atoms with van der Waals surface area (Å²) in [6, 6.07) is 9.06. The van der Waals surface area contributed by atoms with E-state index in [0.29, 0.717) is 31.7 Å². The Labute approximate surface area is 177 Å². The van der Waals surface area contributed by atoms with Gasteiger partial charge in [0, 0.05) is 17.9 Å². The normalized spacial score (nSPS) is 16.1. The quantitative estimate of drug-likeness (QED) is 0.650. The van der Waals surface area contributed by atoms with Crippen molar-refractivity contribution in [2.75, 3.05) is 23.8 Å². The van der Waals surface area contributed by atoms with E-state index in [0.717, 1.165) is 18.6 Å². The van der Waals surface area contributed by atoms with E-state index in [1.54, 1.807) is 12.1 Å². The standard InChI is InChI=1S/C22H23F3N2O4/c1-2-10-30-18-9-8-15(22(23,24)25)13-17(18)27-20(28)14-5-3-6-16(12-14)26-21(29)19-7-4-11-31-19/h3,5-6,8-9,12-13,19H,2,4,7,10-11H2,1H3,(H,26,29)(H,27,28). The Morgan fingerprint density at radius 2 is 1.97 bits per heavy atom. The van der Waals surface area contributed by atoms with Crippen LogP contribution in [0.4, 0.5) is 24.5 Å². The van der Waals surface area contributed by atoms with Gasteiger partial charge in [0.05, 0.1) is 17.9 Å². The van der Waals surface area contributed by atoms with Crippen LogP contribution in [0.3, 0.4) is 0 Å². The zero-order valence-corrected chi connectivity index (χ0v) is 16.9. The molecule has 3 rings (SSSR count). The van der Waals surface area contributed by atoms with Gasteiger partial charge in [-0.05, 0) is 55.7 Å². The molecule has 9 heteroatoms. The maximum absolute atomic E-state index is 13.1. The van der Waals surface area contributed by atoms with Crippen LogP contribution in [0.25, 0.3) is 0 Å². The van der Waals surface area contributed by atoms with Crippen LogP contribution in [0, 0.1) is 0 Å². The smallest absolute Gasteiger partial charge is 0.416 e. The van der Waals surface area contributed by atoms with Gasteiger partial charge in [-0.3, -0.25) is 9.59 Å². The number of halogens is 3. The van der Waals surface area contributed by atoms with Crippen LogP contribution in [0.1, 0.15) is 42.1 Å². The second-order valence-electron chi connectivity index (χ2n) is 7.08. The molecule has 166 valence electrons. The molecule has 1 saturated heterocycles. The van der Waals surface area contributed by atoms with Crippen LogP contribution < -0.4 is 15.4 Å². The molecule has 0 radical (unpaired) electrons. The van der Waals surface area contributed by atoms with E-state index in [4.69, 9.17) is 9.47 Å². The molecular weight excluding hydrogens is 413 g/mol. The van der Waals surface area contributed by atoms with Gasteiger partial charge < -0.3 is 20.1 Å². The van der Waals surface area contributed by atoms with Crippen molar-refractivity contribution >= 4 is 23.2 Å².